The molecule has 2 heterocycles. The highest BCUT2D eigenvalue weighted by molar-refractivity contribution is 6.03. The third kappa shape index (κ3) is 6.93. The minimum Gasteiger partial charge on any atom is -0.493 e. The molecule has 5 rings (SSSR count). The van der Waals surface area contributed by atoms with Crippen molar-refractivity contribution in [1.29, 1.82) is 0 Å². The van der Waals surface area contributed by atoms with Crippen LogP contribution in [0.25, 0.3) is 5.57 Å². The van der Waals surface area contributed by atoms with E-state index in [2.05, 4.69) is 61.6 Å². The number of carbonyl (C=O) groups is 2. The van der Waals surface area contributed by atoms with Crippen LogP contribution in [0.2, 0.25) is 0 Å². The molecule has 0 radical (unpaired) electrons. The van der Waals surface area contributed by atoms with Gasteiger partial charge in [0.1, 0.15) is 5.75 Å². The first-order chi connectivity index (χ1) is 20.3. The van der Waals surface area contributed by atoms with Gasteiger partial charge in [0, 0.05) is 45.2 Å². The molecule has 3 aromatic carbocycles. The monoisotopic (exact) mass is 565 g/mol. The van der Waals surface area contributed by atoms with Crippen molar-refractivity contribution in [3.8, 4) is 5.75 Å². The molecule has 3 aromatic rings. The number of amides is 2. The Labute approximate surface area is 250 Å². The lowest BCUT2D eigenvalue weighted by molar-refractivity contribution is -0.132. The van der Waals surface area contributed by atoms with Gasteiger partial charge in [-0.1, -0.05) is 66.7 Å². The first-order valence-electron chi connectivity index (χ1n) is 15.1. The van der Waals surface area contributed by atoms with Gasteiger partial charge < -0.3 is 19.9 Å². The van der Waals surface area contributed by atoms with Crippen LogP contribution in [0, 0.1) is 13.8 Å². The van der Waals surface area contributed by atoms with Crippen LogP contribution in [0.1, 0.15) is 47.6 Å². The molecule has 220 valence electrons. The average molecular weight is 566 g/mol. The van der Waals surface area contributed by atoms with Crippen molar-refractivity contribution in [3.63, 3.8) is 0 Å². The summed E-state index contributed by atoms with van der Waals surface area (Å²) in [4.78, 5) is 30.0. The lowest BCUT2D eigenvalue weighted by atomic mass is 9.82. The van der Waals surface area contributed by atoms with E-state index >= 15 is 0 Å². The minimum absolute atomic E-state index is 0.0370. The molecule has 0 aromatic heterocycles. The van der Waals surface area contributed by atoms with Gasteiger partial charge in [-0.25, -0.2) is 0 Å². The first kappa shape index (κ1) is 29.6. The molecule has 2 amide bonds. The number of fused-ring (bicyclic) bond motifs is 2. The van der Waals surface area contributed by atoms with Crippen molar-refractivity contribution in [3.05, 3.63) is 106 Å². The second-order valence-corrected chi connectivity index (χ2v) is 11.7. The fourth-order valence-electron chi connectivity index (χ4n) is 6.08. The number of piperazine rings is 1. The summed E-state index contributed by atoms with van der Waals surface area (Å²) in [5.74, 6) is 1.06. The molecule has 42 heavy (non-hydrogen) atoms. The average Bonchev–Trinajstić information content (AvgIpc) is 3.00. The molecule has 2 aliphatic heterocycles. The molecule has 1 saturated heterocycles. The van der Waals surface area contributed by atoms with Crippen molar-refractivity contribution in [2.75, 3.05) is 33.3 Å². The number of benzene rings is 3. The van der Waals surface area contributed by atoms with Gasteiger partial charge in [0.25, 0.3) is 5.91 Å². The summed E-state index contributed by atoms with van der Waals surface area (Å²) in [7, 11) is 1.89. The van der Waals surface area contributed by atoms with Gasteiger partial charge in [-0.2, -0.15) is 0 Å². The highest BCUT2D eigenvalue weighted by Gasteiger charge is 2.39. The topological polar surface area (TPSA) is 61.9 Å². The van der Waals surface area contributed by atoms with Crippen LogP contribution in [-0.4, -0.2) is 67.0 Å². The summed E-state index contributed by atoms with van der Waals surface area (Å²) < 4.78 is 6.05. The standard InChI is InChI=1S/C36H43N3O3/c1-25-10-8-14-34(26(25)2)42-21-9-13-29-15-17-30(18-16-29)32-22-31-23-39(27(3)40)24-33(37-31)35(32)36(41)38(4)20-19-28-11-6-5-7-12-28/h5-8,10-12,14-18,31,33,37H,9,13,19-24H2,1-4H3/t31-,33-/m1/s1. The Kier molecular flexibility index (Phi) is 9.43. The molecule has 1 fully saturated rings. The zero-order valence-corrected chi connectivity index (χ0v) is 25.4. The summed E-state index contributed by atoms with van der Waals surface area (Å²) in [6.07, 6.45) is 3.38. The van der Waals surface area contributed by atoms with Gasteiger partial charge in [-0.15, -0.1) is 0 Å². The number of nitrogens with one attached hydrogen (secondary N) is 1. The van der Waals surface area contributed by atoms with Gasteiger partial charge in [0.15, 0.2) is 0 Å². The maximum Gasteiger partial charge on any atom is 0.251 e. The Morgan fingerprint density at radius 1 is 0.929 bits per heavy atom. The largest absolute Gasteiger partial charge is 0.493 e. The summed E-state index contributed by atoms with van der Waals surface area (Å²) in [6.45, 7) is 8.31. The summed E-state index contributed by atoms with van der Waals surface area (Å²) in [6, 6.07) is 25.1. The summed E-state index contributed by atoms with van der Waals surface area (Å²) in [5.41, 5.74) is 7.91. The van der Waals surface area contributed by atoms with E-state index in [0.29, 0.717) is 26.2 Å². The van der Waals surface area contributed by atoms with E-state index in [1.165, 1.54) is 22.3 Å². The maximum absolute atomic E-state index is 14.0. The van der Waals surface area contributed by atoms with Gasteiger partial charge >= 0.3 is 0 Å². The Balaban J connectivity index is 1.30. The highest BCUT2D eigenvalue weighted by Crippen LogP contribution is 2.34. The maximum atomic E-state index is 14.0. The van der Waals surface area contributed by atoms with Gasteiger partial charge in [-0.05, 0) is 79.0 Å². The molecule has 0 saturated carbocycles. The molecule has 0 aliphatic carbocycles. The fraction of sp³-hybridized carbons (Fsp3) is 0.389. The number of likely N-dealkylation sites (N-methyl/N-ethyl adjacent to an activating group) is 1. The third-order valence-corrected chi connectivity index (χ3v) is 8.73. The molecule has 0 spiro atoms. The van der Waals surface area contributed by atoms with Crippen LogP contribution in [0.4, 0.5) is 0 Å². The van der Waals surface area contributed by atoms with Crippen molar-refractivity contribution in [1.82, 2.24) is 15.1 Å². The zero-order valence-electron chi connectivity index (χ0n) is 25.4. The fourth-order valence-corrected chi connectivity index (χ4v) is 6.08. The number of ether oxygens (including phenoxy) is 1. The minimum atomic E-state index is -0.176. The molecular weight excluding hydrogens is 522 g/mol. The molecule has 2 aliphatic rings. The summed E-state index contributed by atoms with van der Waals surface area (Å²) >= 11 is 0. The van der Waals surface area contributed by atoms with Gasteiger partial charge in [0.2, 0.25) is 5.91 Å². The van der Waals surface area contributed by atoms with Gasteiger partial charge in [-0.3, -0.25) is 9.59 Å². The molecule has 6 heteroatoms. The quantitative estimate of drug-likeness (QED) is 0.336. The predicted molar refractivity (Wildman–Crippen MR) is 168 cm³/mol. The van der Waals surface area contributed by atoms with E-state index in [0.717, 1.165) is 48.1 Å². The Hall–Kier alpha value is -3.90. The van der Waals surface area contributed by atoms with E-state index in [4.69, 9.17) is 4.74 Å². The Morgan fingerprint density at radius 2 is 1.67 bits per heavy atom. The van der Waals surface area contributed by atoms with Crippen LogP contribution < -0.4 is 10.1 Å². The number of aryl methyl sites for hydroxylation is 2. The van der Waals surface area contributed by atoms with Crippen LogP contribution >= 0.6 is 0 Å². The Bertz CT molecular complexity index is 1430. The van der Waals surface area contributed by atoms with Crippen LogP contribution in [-0.2, 0) is 22.4 Å². The van der Waals surface area contributed by atoms with Crippen molar-refractivity contribution < 1.29 is 14.3 Å². The summed E-state index contributed by atoms with van der Waals surface area (Å²) in [5, 5.41) is 3.65. The van der Waals surface area contributed by atoms with Crippen molar-refractivity contribution in [2.45, 2.75) is 58.5 Å². The SMILES string of the molecule is CC(=O)N1C[C@H]2CC(c3ccc(CCCOc4cccc(C)c4C)cc3)=C(C(=O)N(C)CCc3ccccc3)[C@@H](C1)N2. The van der Waals surface area contributed by atoms with Gasteiger partial charge in [0.05, 0.1) is 12.6 Å². The lowest BCUT2D eigenvalue weighted by Gasteiger charge is -2.44. The first-order valence-corrected chi connectivity index (χ1v) is 15.1. The van der Waals surface area contributed by atoms with Crippen molar-refractivity contribution >= 4 is 17.4 Å². The van der Waals surface area contributed by atoms with Crippen LogP contribution in [0.15, 0.2) is 78.4 Å². The molecule has 0 unspecified atom stereocenters. The van der Waals surface area contributed by atoms with Crippen molar-refractivity contribution in [2.24, 2.45) is 0 Å². The lowest BCUT2D eigenvalue weighted by Crippen LogP contribution is -2.61. The third-order valence-electron chi connectivity index (χ3n) is 8.73. The highest BCUT2D eigenvalue weighted by atomic mass is 16.5. The number of nitrogens with zero attached hydrogens (tertiary/aromatic N) is 2. The van der Waals surface area contributed by atoms with E-state index in [1.54, 1.807) is 6.92 Å². The molecule has 6 nitrogen and oxygen atoms in total. The predicted octanol–water partition coefficient (Wildman–Crippen LogP) is 5.36. The molecular formula is C36H43N3O3. The van der Waals surface area contributed by atoms with E-state index in [1.807, 2.05) is 47.2 Å². The zero-order chi connectivity index (χ0) is 29.6. The molecule has 1 N–H and O–H groups in total. The van der Waals surface area contributed by atoms with Crippen LogP contribution in [0.5, 0.6) is 5.75 Å². The number of hydrogen-bond donors (Lipinski definition) is 1. The second-order valence-electron chi connectivity index (χ2n) is 11.7. The number of hydrogen-bond acceptors (Lipinski definition) is 4. The number of rotatable bonds is 10. The normalized spacial score (nSPS) is 18.1. The second kappa shape index (κ2) is 13.4. The molecule has 2 bridgehead atoms. The smallest absolute Gasteiger partial charge is 0.251 e. The van der Waals surface area contributed by atoms with E-state index in [-0.39, 0.29) is 23.9 Å². The molecule has 2 atom stereocenters. The van der Waals surface area contributed by atoms with Crippen LogP contribution in [0.3, 0.4) is 0 Å². The Morgan fingerprint density at radius 3 is 2.40 bits per heavy atom. The van der Waals surface area contributed by atoms with E-state index < -0.39 is 0 Å². The number of carbonyl (C=O) groups excluding carboxylic acids is 2. The van der Waals surface area contributed by atoms with E-state index in [9.17, 15) is 9.59 Å².